The Hall–Kier alpha value is -3.34. The van der Waals surface area contributed by atoms with Gasteiger partial charge in [-0.05, 0) is 35.4 Å². The molecule has 1 aromatic heterocycles. The number of rotatable bonds is 10. The van der Waals surface area contributed by atoms with Crippen molar-refractivity contribution in [2.45, 2.75) is 43.6 Å². The van der Waals surface area contributed by atoms with E-state index in [2.05, 4.69) is 54.1 Å². The summed E-state index contributed by atoms with van der Waals surface area (Å²) in [5.74, 6) is 3.27. The first kappa shape index (κ1) is 29.2. The number of aromatic nitrogens is 2. The molecule has 218 valence electrons. The Morgan fingerprint density at radius 3 is 2.44 bits per heavy atom. The number of carbonyl (C=O) groups is 1. The van der Waals surface area contributed by atoms with Gasteiger partial charge in [0.2, 0.25) is 6.79 Å². The van der Waals surface area contributed by atoms with Crippen LogP contribution < -0.4 is 19.7 Å². The Morgan fingerprint density at radius 2 is 1.71 bits per heavy atom. The average Bonchev–Trinajstić information content (AvgIpc) is 3.44. The van der Waals surface area contributed by atoms with E-state index in [9.17, 15) is 4.79 Å². The van der Waals surface area contributed by atoms with Gasteiger partial charge >= 0.3 is 0 Å². The second kappa shape index (κ2) is 13.1. The number of methoxy groups -OCH3 is 1. The van der Waals surface area contributed by atoms with Crippen molar-refractivity contribution in [1.29, 1.82) is 0 Å². The van der Waals surface area contributed by atoms with E-state index >= 15 is 0 Å². The summed E-state index contributed by atoms with van der Waals surface area (Å²) in [4.78, 5) is 27.0. The molecule has 1 fully saturated rings. The van der Waals surface area contributed by atoms with E-state index in [1.54, 1.807) is 18.9 Å². The number of benzene rings is 2. The predicted molar refractivity (Wildman–Crippen MR) is 161 cm³/mol. The number of nitrogens with zero attached hydrogens (tertiary/aromatic N) is 4. The van der Waals surface area contributed by atoms with E-state index in [1.807, 2.05) is 30.3 Å². The molecule has 2 aliphatic rings. The highest BCUT2D eigenvalue weighted by molar-refractivity contribution is 7.98. The van der Waals surface area contributed by atoms with Crippen molar-refractivity contribution < 1.29 is 19.0 Å². The minimum Gasteiger partial charge on any atom is -0.454 e. The van der Waals surface area contributed by atoms with Crippen LogP contribution in [0.2, 0.25) is 0 Å². The third-order valence-corrected chi connectivity index (χ3v) is 8.09. The van der Waals surface area contributed by atoms with Crippen molar-refractivity contribution in [3.63, 3.8) is 0 Å². The molecule has 2 aromatic carbocycles. The summed E-state index contributed by atoms with van der Waals surface area (Å²) in [5.41, 5.74) is 3.94. The molecule has 0 aliphatic carbocycles. The average molecular weight is 578 g/mol. The van der Waals surface area contributed by atoms with Gasteiger partial charge in [0, 0.05) is 69.2 Å². The third-order valence-electron chi connectivity index (χ3n) is 7.18. The van der Waals surface area contributed by atoms with Crippen LogP contribution in [0, 0.1) is 0 Å². The maximum absolute atomic E-state index is 12.3. The molecule has 10 heteroatoms. The first-order valence-corrected chi connectivity index (χ1v) is 15.0. The molecule has 0 radical (unpaired) electrons. The summed E-state index contributed by atoms with van der Waals surface area (Å²) in [6.07, 6.45) is 0. The Labute approximate surface area is 246 Å². The number of piperazine rings is 1. The first-order valence-electron chi connectivity index (χ1n) is 14.0. The van der Waals surface area contributed by atoms with Crippen LogP contribution >= 0.6 is 11.8 Å². The van der Waals surface area contributed by atoms with Gasteiger partial charge in [0.1, 0.15) is 5.82 Å². The molecular weight excluding hydrogens is 538 g/mol. The molecule has 3 heterocycles. The highest BCUT2D eigenvalue weighted by atomic mass is 32.2. The maximum atomic E-state index is 12.3. The summed E-state index contributed by atoms with van der Waals surface area (Å²) in [5, 5.41) is 3.63. The quantitative estimate of drug-likeness (QED) is 0.213. The van der Waals surface area contributed by atoms with Crippen molar-refractivity contribution >= 4 is 23.5 Å². The van der Waals surface area contributed by atoms with Crippen molar-refractivity contribution in [3.8, 4) is 11.5 Å². The number of thioether (sulfide) groups is 1. The van der Waals surface area contributed by atoms with Gasteiger partial charge < -0.3 is 24.4 Å². The number of fused-ring (bicyclic) bond motifs is 1. The van der Waals surface area contributed by atoms with Gasteiger partial charge in [-0.1, -0.05) is 50.7 Å². The number of nitrogens with one attached hydrogen (secondary N) is 1. The lowest BCUT2D eigenvalue weighted by Gasteiger charge is -2.36. The van der Waals surface area contributed by atoms with Gasteiger partial charge in [-0.15, -0.1) is 0 Å². The highest BCUT2D eigenvalue weighted by Crippen LogP contribution is 2.33. The summed E-state index contributed by atoms with van der Waals surface area (Å²) in [6.45, 7) is 12.5. The number of amides is 1. The van der Waals surface area contributed by atoms with Crippen LogP contribution in [0.15, 0.2) is 53.7 Å². The predicted octanol–water partition coefficient (Wildman–Crippen LogP) is 4.49. The number of carbonyl (C=O) groups excluding carboxylic acids is 1. The molecule has 0 bridgehead atoms. The Kier molecular flexibility index (Phi) is 9.32. The van der Waals surface area contributed by atoms with Crippen molar-refractivity contribution in [1.82, 2.24) is 20.2 Å². The molecule has 0 atom stereocenters. The lowest BCUT2D eigenvalue weighted by atomic mass is 9.92. The topological polar surface area (TPSA) is 89.1 Å². The molecule has 2 aliphatic heterocycles. The van der Waals surface area contributed by atoms with Crippen LogP contribution in [0.3, 0.4) is 0 Å². The molecule has 41 heavy (non-hydrogen) atoms. The molecule has 1 amide bonds. The summed E-state index contributed by atoms with van der Waals surface area (Å²) in [6, 6.07) is 16.1. The van der Waals surface area contributed by atoms with Gasteiger partial charge in [-0.3, -0.25) is 9.69 Å². The molecular formula is C31H39N5O4S. The van der Waals surface area contributed by atoms with Gasteiger partial charge in [-0.2, -0.15) is 0 Å². The molecule has 3 aromatic rings. The highest BCUT2D eigenvalue weighted by Gasteiger charge is 2.24. The summed E-state index contributed by atoms with van der Waals surface area (Å²) >= 11 is 1.63. The number of hydrogen-bond acceptors (Lipinski definition) is 9. The fourth-order valence-electron chi connectivity index (χ4n) is 4.73. The monoisotopic (exact) mass is 577 g/mol. The zero-order valence-corrected chi connectivity index (χ0v) is 25.1. The Bertz CT molecular complexity index is 1340. The van der Waals surface area contributed by atoms with E-state index in [1.165, 1.54) is 5.56 Å². The SMILES string of the molecule is COCCNC(=O)c1ccc(CSc2nc(N3CCN(Cc4ccc5c(c4)OCO5)CC3)cc(C(C)(C)C)n2)cc1. The minimum absolute atomic E-state index is 0.0913. The van der Waals surface area contributed by atoms with E-state index in [0.29, 0.717) is 25.5 Å². The van der Waals surface area contributed by atoms with Gasteiger partial charge in [0.05, 0.1) is 12.3 Å². The standard InChI is InChI=1S/C31H39N5O4S/c1-31(2,3)27-18-28(36-14-12-35(13-15-36)19-23-7-10-25-26(17-23)40-21-39-25)34-30(33-27)41-20-22-5-8-24(9-6-22)29(37)32-11-16-38-4/h5-10,17-18H,11-16,19-21H2,1-4H3,(H,32,37). The van der Waals surface area contributed by atoms with Crippen LogP contribution in [0.5, 0.6) is 11.5 Å². The van der Waals surface area contributed by atoms with E-state index in [4.69, 9.17) is 24.2 Å². The smallest absolute Gasteiger partial charge is 0.251 e. The van der Waals surface area contributed by atoms with Crippen molar-refractivity contribution in [2.24, 2.45) is 0 Å². The molecule has 0 spiro atoms. The Balaban J connectivity index is 1.20. The molecule has 1 saturated heterocycles. The van der Waals surface area contributed by atoms with E-state index < -0.39 is 0 Å². The molecule has 5 rings (SSSR count). The van der Waals surface area contributed by atoms with E-state index in [0.717, 1.165) is 72.2 Å². The zero-order valence-electron chi connectivity index (χ0n) is 24.3. The fourth-order valence-corrected chi connectivity index (χ4v) is 5.53. The van der Waals surface area contributed by atoms with Gasteiger partial charge in [0.15, 0.2) is 16.7 Å². The number of ether oxygens (including phenoxy) is 3. The number of hydrogen-bond donors (Lipinski definition) is 1. The van der Waals surface area contributed by atoms with Crippen LogP contribution in [0.1, 0.15) is 48.0 Å². The second-order valence-corrected chi connectivity index (χ2v) is 12.3. The lowest BCUT2D eigenvalue weighted by molar-refractivity contribution is 0.0937. The Morgan fingerprint density at radius 1 is 0.976 bits per heavy atom. The maximum Gasteiger partial charge on any atom is 0.251 e. The van der Waals surface area contributed by atoms with Crippen LogP contribution in [0.25, 0.3) is 0 Å². The van der Waals surface area contributed by atoms with Crippen molar-refractivity contribution in [2.75, 3.05) is 58.1 Å². The third kappa shape index (κ3) is 7.69. The second-order valence-electron chi connectivity index (χ2n) is 11.3. The molecule has 9 nitrogen and oxygen atoms in total. The molecule has 0 unspecified atom stereocenters. The minimum atomic E-state index is -0.0944. The fraction of sp³-hybridized carbons (Fsp3) is 0.452. The largest absolute Gasteiger partial charge is 0.454 e. The lowest BCUT2D eigenvalue weighted by Crippen LogP contribution is -2.46. The van der Waals surface area contributed by atoms with Crippen LogP contribution in [-0.4, -0.2) is 74.0 Å². The van der Waals surface area contributed by atoms with Gasteiger partial charge in [-0.25, -0.2) is 9.97 Å². The van der Waals surface area contributed by atoms with E-state index in [-0.39, 0.29) is 11.3 Å². The summed E-state index contributed by atoms with van der Waals surface area (Å²) < 4.78 is 16.0. The van der Waals surface area contributed by atoms with Crippen molar-refractivity contribution in [3.05, 3.63) is 70.9 Å². The zero-order chi connectivity index (χ0) is 28.8. The number of anilines is 1. The van der Waals surface area contributed by atoms with Crippen LogP contribution in [0.4, 0.5) is 5.82 Å². The van der Waals surface area contributed by atoms with Gasteiger partial charge in [0.25, 0.3) is 5.91 Å². The van der Waals surface area contributed by atoms with Crippen LogP contribution in [-0.2, 0) is 22.4 Å². The normalized spacial score (nSPS) is 15.3. The molecule has 1 N–H and O–H groups in total. The molecule has 0 saturated carbocycles. The summed E-state index contributed by atoms with van der Waals surface area (Å²) in [7, 11) is 1.62. The first-order chi connectivity index (χ1) is 19.8.